The third kappa shape index (κ3) is 4.27. The number of aromatic nitrogens is 2. The molecule has 4 nitrogen and oxygen atoms in total. The number of amides is 1. The molecule has 130 valence electrons. The Balaban J connectivity index is 1.85. The summed E-state index contributed by atoms with van der Waals surface area (Å²) < 4.78 is 2.19. The topological polar surface area (TPSA) is 46.9 Å². The highest BCUT2D eigenvalue weighted by atomic mass is 16.1. The number of carbonyl (C=O) groups is 1. The number of rotatable bonds is 4. The zero-order chi connectivity index (χ0) is 18.0. The summed E-state index contributed by atoms with van der Waals surface area (Å²) in [7, 11) is 0. The van der Waals surface area contributed by atoms with E-state index in [1.807, 2.05) is 37.4 Å². The fraction of sp³-hybridized carbons (Fsp3) is 0.333. The summed E-state index contributed by atoms with van der Waals surface area (Å²) in [5.41, 5.74) is 4.16. The minimum absolute atomic E-state index is 0.00571. The Kier molecular flexibility index (Phi) is 4.62. The molecule has 2 aromatic heterocycles. The van der Waals surface area contributed by atoms with Crippen molar-refractivity contribution in [1.82, 2.24) is 9.55 Å². The summed E-state index contributed by atoms with van der Waals surface area (Å²) in [6.07, 6.45) is 2.52. The van der Waals surface area contributed by atoms with Gasteiger partial charge in [0.1, 0.15) is 5.82 Å². The van der Waals surface area contributed by atoms with Gasteiger partial charge in [0, 0.05) is 19.2 Å². The van der Waals surface area contributed by atoms with Crippen molar-refractivity contribution in [3.8, 4) is 0 Å². The summed E-state index contributed by atoms with van der Waals surface area (Å²) in [4.78, 5) is 16.9. The highest BCUT2D eigenvalue weighted by Gasteiger charge is 2.17. The van der Waals surface area contributed by atoms with Crippen LogP contribution in [0.2, 0.25) is 0 Å². The van der Waals surface area contributed by atoms with E-state index in [0.29, 0.717) is 12.2 Å². The van der Waals surface area contributed by atoms with Crippen LogP contribution in [0.3, 0.4) is 0 Å². The lowest BCUT2D eigenvalue weighted by Crippen LogP contribution is -2.20. The summed E-state index contributed by atoms with van der Waals surface area (Å²) in [6.45, 7) is 8.96. The van der Waals surface area contributed by atoms with Crippen molar-refractivity contribution >= 4 is 22.8 Å². The quantitative estimate of drug-likeness (QED) is 0.746. The predicted octanol–water partition coefficient (Wildman–Crippen LogP) is 4.77. The fourth-order valence-electron chi connectivity index (χ4n) is 2.91. The van der Waals surface area contributed by atoms with Gasteiger partial charge in [-0.05, 0) is 35.6 Å². The van der Waals surface area contributed by atoms with Crippen molar-refractivity contribution in [2.45, 2.75) is 40.7 Å². The number of hydrogen-bond acceptors (Lipinski definition) is 2. The van der Waals surface area contributed by atoms with Crippen molar-refractivity contribution in [3.05, 3.63) is 59.8 Å². The van der Waals surface area contributed by atoms with Crippen LogP contribution >= 0.6 is 0 Å². The molecule has 0 saturated carbocycles. The monoisotopic (exact) mass is 335 g/mol. The maximum Gasteiger partial charge on any atom is 0.226 e. The lowest BCUT2D eigenvalue weighted by molar-refractivity contribution is -0.117. The number of hydrogen-bond donors (Lipinski definition) is 1. The van der Waals surface area contributed by atoms with Crippen LogP contribution in [0.5, 0.6) is 0 Å². The number of benzene rings is 1. The van der Waals surface area contributed by atoms with Gasteiger partial charge in [-0.25, -0.2) is 4.98 Å². The molecular weight excluding hydrogens is 310 g/mol. The minimum atomic E-state index is -0.0406. The van der Waals surface area contributed by atoms with Gasteiger partial charge in [0.2, 0.25) is 5.91 Å². The number of pyridine rings is 1. The number of aryl methyl sites for hydroxylation is 1. The Labute approximate surface area is 148 Å². The molecule has 1 aromatic carbocycles. The molecule has 0 aliphatic carbocycles. The Morgan fingerprint density at radius 3 is 2.56 bits per heavy atom. The van der Waals surface area contributed by atoms with Gasteiger partial charge in [-0.3, -0.25) is 4.79 Å². The number of nitrogens with zero attached hydrogens (tertiary/aromatic N) is 2. The first kappa shape index (κ1) is 17.2. The van der Waals surface area contributed by atoms with Crippen LogP contribution in [-0.2, 0) is 11.3 Å². The van der Waals surface area contributed by atoms with Crippen molar-refractivity contribution in [1.29, 1.82) is 0 Å². The largest absolute Gasteiger partial charge is 0.342 e. The highest BCUT2D eigenvalue weighted by Crippen LogP contribution is 2.24. The van der Waals surface area contributed by atoms with Crippen molar-refractivity contribution in [2.24, 2.45) is 5.41 Å². The van der Waals surface area contributed by atoms with E-state index in [1.165, 1.54) is 5.56 Å². The SMILES string of the molecule is Cc1cc2c(ccn2Cc2ccccc2)nc1NC(=O)CC(C)(C)C. The van der Waals surface area contributed by atoms with Crippen LogP contribution in [0.15, 0.2) is 48.7 Å². The minimum Gasteiger partial charge on any atom is -0.342 e. The van der Waals surface area contributed by atoms with Gasteiger partial charge in [0.05, 0.1) is 11.0 Å². The Hall–Kier alpha value is -2.62. The molecule has 0 atom stereocenters. The Bertz CT molecular complexity index is 889. The van der Waals surface area contributed by atoms with E-state index >= 15 is 0 Å². The smallest absolute Gasteiger partial charge is 0.226 e. The molecule has 1 amide bonds. The van der Waals surface area contributed by atoms with Crippen LogP contribution in [-0.4, -0.2) is 15.5 Å². The molecule has 3 aromatic rings. The molecule has 0 fully saturated rings. The molecule has 0 aliphatic rings. The van der Waals surface area contributed by atoms with Gasteiger partial charge in [-0.2, -0.15) is 0 Å². The van der Waals surface area contributed by atoms with Crippen LogP contribution < -0.4 is 5.32 Å². The molecule has 0 bridgehead atoms. The lowest BCUT2D eigenvalue weighted by atomic mass is 9.92. The summed E-state index contributed by atoms with van der Waals surface area (Å²) in [5, 5.41) is 2.96. The number of fused-ring (bicyclic) bond motifs is 1. The van der Waals surface area contributed by atoms with E-state index in [4.69, 9.17) is 0 Å². The average Bonchev–Trinajstić information content (AvgIpc) is 2.89. The second-order valence-electron chi connectivity index (χ2n) is 7.77. The zero-order valence-electron chi connectivity index (χ0n) is 15.3. The first-order valence-corrected chi connectivity index (χ1v) is 8.62. The van der Waals surface area contributed by atoms with Crippen LogP contribution in [0.1, 0.15) is 38.3 Å². The van der Waals surface area contributed by atoms with Crippen molar-refractivity contribution in [3.63, 3.8) is 0 Å². The van der Waals surface area contributed by atoms with Crippen molar-refractivity contribution < 1.29 is 4.79 Å². The van der Waals surface area contributed by atoms with Gasteiger partial charge in [-0.1, -0.05) is 51.1 Å². The molecule has 2 heterocycles. The Morgan fingerprint density at radius 2 is 1.88 bits per heavy atom. The average molecular weight is 335 g/mol. The molecule has 0 unspecified atom stereocenters. The van der Waals surface area contributed by atoms with Gasteiger partial charge in [0.15, 0.2) is 0 Å². The van der Waals surface area contributed by atoms with Gasteiger partial charge in [0.25, 0.3) is 0 Å². The number of anilines is 1. The normalized spacial score (nSPS) is 11.7. The predicted molar refractivity (Wildman–Crippen MR) is 103 cm³/mol. The number of carbonyl (C=O) groups excluding carboxylic acids is 1. The molecule has 0 spiro atoms. The highest BCUT2D eigenvalue weighted by molar-refractivity contribution is 5.92. The summed E-state index contributed by atoms with van der Waals surface area (Å²) in [6, 6.07) is 14.5. The molecule has 25 heavy (non-hydrogen) atoms. The second-order valence-corrected chi connectivity index (χ2v) is 7.77. The molecule has 0 saturated heterocycles. The summed E-state index contributed by atoms with van der Waals surface area (Å²) >= 11 is 0. The van der Waals surface area contributed by atoms with Crippen LogP contribution in [0.4, 0.5) is 5.82 Å². The van der Waals surface area contributed by atoms with Gasteiger partial charge < -0.3 is 9.88 Å². The molecule has 0 aliphatic heterocycles. The fourth-order valence-corrected chi connectivity index (χ4v) is 2.91. The first-order valence-electron chi connectivity index (χ1n) is 8.62. The molecular formula is C21H25N3O. The molecule has 1 N–H and O–H groups in total. The van der Waals surface area contributed by atoms with E-state index in [9.17, 15) is 4.79 Å². The summed E-state index contributed by atoms with van der Waals surface area (Å²) in [5.74, 6) is 0.658. The zero-order valence-corrected chi connectivity index (χ0v) is 15.3. The second kappa shape index (κ2) is 6.71. The third-order valence-electron chi connectivity index (χ3n) is 4.09. The van der Waals surface area contributed by atoms with E-state index < -0.39 is 0 Å². The van der Waals surface area contributed by atoms with Gasteiger partial charge in [-0.15, -0.1) is 0 Å². The maximum atomic E-state index is 12.2. The van der Waals surface area contributed by atoms with E-state index in [2.05, 4.69) is 53.8 Å². The Morgan fingerprint density at radius 1 is 1.16 bits per heavy atom. The van der Waals surface area contributed by atoms with E-state index in [-0.39, 0.29) is 11.3 Å². The third-order valence-corrected chi connectivity index (χ3v) is 4.09. The van der Waals surface area contributed by atoms with E-state index in [1.54, 1.807) is 0 Å². The maximum absolute atomic E-state index is 12.2. The molecule has 4 heteroatoms. The molecule has 3 rings (SSSR count). The first-order chi connectivity index (χ1) is 11.8. The van der Waals surface area contributed by atoms with Crippen molar-refractivity contribution in [2.75, 3.05) is 5.32 Å². The van der Waals surface area contributed by atoms with Gasteiger partial charge >= 0.3 is 0 Å². The van der Waals surface area contributed by atoms with E-state index in [0.717, 1.165) is 23.1 Å². The molecule has 0 radical (unpaired) electrons. The van der Waals surface area contributed by atoms with Crippen LogP contribution in [0.25, 0.3) is 11.0 Å². The van der Waals surface area contributed by atoms with Crippen LogP contribution in [0, 0.1) is 12.3 Å². The lowest BCUT2D eigenvalue weighted by Gasteiger charge is -2.17. The standard InChI is InChI=1S/C21H25N3O/c1-15-12-18-17(22-20(15)23-19(25)13-21(2,3)4)10-11-24(18)14-16-8-6-5-7-9-16/h5-12H,13-14H2,1-4H3,(H,22,23,25). The number of nitrogens with one attached hydrogen (secondary N) is 1.